The van der Waals surface area contributed by atoms with Gasteiger partial charge in [-0.1, -0.05) is 6.92 Å². The fraction of sp³-hybridized carbons (Fsp3) is 0.333. The fourth-order valence-electron chi connectivity index (χ4n) is 1.51. The number of anilines is 1. The molecule has 5 heteroatoms. The summed E-state index contributed by atoms with van der Waals surface area (Å²) in [5.41, 5.74) is 0.531. The van der Waals surface area contributed by atoms with Gasteiger partial charge in [0.1, 0.15) is 11.5 Å². The zero-order chi connectivity index (χ0) is 12.3. The van der Waals surface area contributed by atoms with Crippen LogP contribution >= 0.6 is 0 Å². The molecule has 0 fully saturated rings. The number of ether oxygens (including phenoxy) is 2. The average Bonchev–Trinajstić information content (AvgIpc) is 2.28. The summed E-state index contributed by atoms with van der Waals surface area (Å²) in [6.45, 7) is 1.92. The molecule has 0 atom stereocenters. The molecular formula is C12H13NO4. The Bertz CT molecular complexity index is 456. The number of fused-ring (bicyclic) bond motifs is 1. The molecule has 1 heterocycles. The molecular weight excluding hydrogens is 222 g/mol. The lowest BCUT2D eigenvalue weighted by Crippen LogP contribution is -2.25. The number of hydrogen-bond acceptors (Lipinski definition) is 4. The number of amides is 1. The van der Waals surface area contributed by atoms with E-state index in [2.05, 4.69) is 5.32 Å². The molecule has 0 aliphatic carbocycles. The molecule has 17 heavy (non-hydrogen) atoms. The van der Waals surface area contributed by atoms with E-state index in [0.29, 0.717) is 23.6 Å². The largest absolute Gasteiger partial charge is 0.482 e. The van der Waals surface area contributed by atoms with Crippen molar-refractivity contribution in [2.75, 3.05) is 11.9 Å². The predicted octanol–water partition coefficient (Wildman–Crippen LogP) is 1.72. The second-order valence-corrected chi connectivity index (χ2v) is 3.72. The van der Waals surface area contributed by atoms with Gasteiger partial charge in [0, 0.05) is 12.5 Å². The molecule has 1 aliphatic heterocycles. The summed E-state index contributed by atoms with van der Waals surface area (Å²) in [5.74, 6) is 0.498. The maximum Gasteiger partial charge on any atom is 0.311 e. The molecule has 0 aromatic heterocycles. The van der Waals surface area contributed by atoms with E-state index in [1.807, 2.05) is 6.92 Å². The quantitative estimate of drug-likeness (QED) is 0.640. The van der Waals surface area contributed by atoms with E-state index in [4.69, 9.17) is 9.47 Å². The van der Waals surface area contributed by atoms with Crippen molar-refractivity contribution >= 4 is 17.6 Å². The lowest BCUT2D eigenvalue weighted by Gasteiger charge is -2.18. The molecule has 0 spiro atoms. The highest BCUT2D eigenvalue weighted by atomic mass is 16.5. The monoisotopic (exact) mass is 235 g/mol. The number of rotatable bonds is 3. The van der Waals surface area contributed by atoms with Gasteiger partial charge >= 0.3 is 5.97 Å². The minimum absolute atomic E-state index is 0.0158. The first kappa shape index (κ1) is 11.4. The number of hydrogen-bond donors (Lipinski definition) is 1. The Labute approximate surface area is 98.7 Å². The van der Waals surface area contributed by atoms with E-state index in [0.717, 1.165) is 6.42 Å². The molecule has 1 aromatic carbocycles. The summed E-state index contributed by atoms with van der Waals surface area (Å²) >= 11 is 0. The van der Waals surface area contributed by atoms with Gasteiger partial charge in [0.2, 0.25) is 0 Å². The highest BCUT2D eigenvalue weighted by molar-refractivity contribution is 5.95. The van der Waals surface area contributed by atoms with Crippen LogP contribution in [0.5, 0.6) is 11.5 Å². The Kier molecular flexibility index (Phi) is 3.27. The lowest BCUT2D eigenvalue weighted by atomic mass is 10.2. The summed E-state index contributed by atoms with van der Waals surface area (Å²) in [6, 6.07) is 4.90. The Balaban J connectivity index is 2.13. The predicted molar refractivity (Wildman–Crippen MR) is 61.1 cm³/mol. The fourth-order valence-corrected chi connectivity index (χ4v) is 1.51. The van der Waals surface area contributed by atoms with Crippen LogP contribution in [0.2, 0.25) is 0 Å². The molecule has 0 unspecified atom stereocenters. The van der Waals surface area contributed by atoms with Crippen LogP contribution in [-0.2, 0) is 9.59 Å². The number of carbonyl (C=O) groups is 2. The van der Waals surface area contributed by atoms with Crippen LogP contribution in [0.1, 0.15) is 19.8 Å². The molecule has 5 nitrogen and oxygen atoms in total. The van der Waals surface area contributed by atoms with Gasteiger partial charge in [-0.25, -0.2) is 0 Å². The van der Waals surface area contributed by atoms with Gasteiger partial charge in [-0.2, -0.15) is 0 Å². The molecule has 0 bridgehead atoms. The standard InChI is InChI=1S/C12H13NO4/c1-2-3-12(15)17-8-4-5-10-9(6-8)13-11(14)7-16-10/h4-6H,2-3,7H2,1H3,(H,13,14). The van der Waals surface area contributed by atoms with Crippen LogP contribution in [0.3, 0.4) is 0 Å². The summed E-state index contributed by atoms with van der Waals surface area (Å²) < 4.78 is 10.3. The number of benzene rings is 1. The molecule has 0 saturated heterocycles. The van der Waals surface area contributed by atoms with Crippen molar-refractivity contribution < 1.29 is 19.1 Å². The normalized spacial score (nSPS) is 13.4. The molecule has 0 saturated carbocycles. The third-order valence-corrected chi connectivity index (χ3v) is 2.27. The number of esters is 1. The third-order valence-electron chi connectivity index (χ3n) is 2.27. The van der Waals surface area contributed by atoms with Gasteiger partial charge in [-0.05, 0) is 18.6 Å². The van der Waals surface area contributed by atoms with E-state index < -0.39 is 0 Å². The molecule has 1 N–H and O–H groups in total. The molecule has 1 aromatic rings. The van der Waals surface area contributed by atoms with Gasteiger partial charge in [0.25, 0.3) is 5.91 Å². The lowest BCUT2D eigenvalue weighted by molar-refractivity contribution is -0.134. The van der Waals surface area contributed by atoms with E-state index in [9.17, 15) is 9.59 Å². The van der Waals surface area contributed by atoms with Crippen molar-refractivity contribution in [1.82, 2.24) is 0 Å². The topological polar surface area (TPSA) is 64.6 Å². The van der Waals surface area contributed by atoms with Crippen molar-refractivity contribution in [3.8, 4) is 11.5 Å². The van der Waals surface area contributed by atoms with Gasteiger partial charge in [0.15, 0.2) is 6.61 Å². The van der Waals surface area contributed by atoms with Crippen molar-refractivity contribution in [2.24, 2.45) is 0 Å². The summed E-state index contributed by atoms with van der Waals surface area (Å²) in [4.78, 5) is 22.4. The maximum absolute atomic E-state index is 11.3. The van der Waals surface area contributed by atoms with E-state index >= 15 is 0 Å². The van der Waals surface area contributed by atoms with Crippen LogP contribution in [0, 0.1) is 0 Å². The number of carbonyl (C=O) groups excluding carboxylic acids is 2. The summed E-state index contributed by atoms with van der Waals surface area (Å²) in [7, 11) is 0. The van der Waals surface area contributed by atoms with Crippen LogP contribution in [0.15, 0.2) is 18.2 Å². The average molecular weight is 235 g/mol. The molecule has 1 aliphatic rings. The van der Waals surface area contributed by atoms with Crippen LogP contribution in [0.4, 0.5) is 5.69 Å². The van der Waals surface area contributed by atoms with Gasteiger partial charge in [-0.15, -0.1) is 0 Å². The van der Waals surface area contributed by atoms with Crippen molar-refractivity contribution in [1.29, 1.82) is 0 Å². The summed E-state index contributed by atoms with van der Waals surface area (Å²) in [5, 5.41) is 2.65. The first-order valence-electron chi connectivity index (χ1n) is 5.46. The highest BCUT2D eigenvalue weighted by Crippen LogP contribution is 2.31. The second kappa shape index (κ2) is 4.86. The zero-order valence-corrected chi connectivity index (χ0v) is 9.49. The van der Waals surface area contributed by atoms with Gasteiger partial charge in [-0.3, -0.25) is 9.59 Å². The summed E-state index contributed by atoms with van der Waals surface area (Å²) in [6.07, 6.45) is 1.11. The van der Waals surface area contributed by atoms with E-state index in [1.54, 1.807) is 18.2 Å². The van der Waals surface area contributed by atoms with Crippen molar-refractivity contribution in [2.45, 2.75) is 19.8 Å². The molecule has 2 rings (SSSR count). The van der Waals surface area contributed by atoms with Crippen LogP contribution < -0.4 is 14.8 Å². The Hall–Kier alpha value is -2.04. The minimum atomic E-state index is -0.282. The van der Waals surface area contributed by atoms with Crippen molar-refractivity contribution in [3.63, 3.8) is 0 Å². The van der Waals surface area contributed by atoms with Gasteiger partial charge < -0.3 is 14.8 Å². The van der Waals surface area contributed by atoms with E-state index in [-0.39, 0.29) is 18.5 Å². The molecule has 0 radical (unpaired) electrons. The Morgan fingerprint density at radius 2 is 2.35 bits per heavy atom. The zero-order valence-electron chi connectivity index (χ0n) is 9.49. The van der Waals surface area contributed by atoms with Crippen LogP contribution in [-0.4, -0.2) is 18.5 Å². The highest BCUT2D eigenvalue weighted by Gasteiger charge is 2.16. The Morgan fingerprint density at radius 1 is 1.53 bits per heavy atom. The first-order valence-corrected chi connectivity index (χ1v) is 5.46. The Morgan fingerprint density at radius 3 is 3.12 bits per heavy atom. The molecule has 90 valence electrons. The smallest absolute Gasteiger partial charge is 0.311 e. The third kappa shape index (κ3) is 2.75. The van der Waals surface area contributed by atoms with Crippen LogP contribution in [0.25, 0.3) is 0 Å². The maximum atomic E-state index is 11.3. The second-order valence-electron chi connectivity index (χ2n) is 3.72. The first-order chi connectivity index (χ1) is 8.19. The van der Waals surface area contributed by atoms with E-state index in [1.165, 1.54) is 0 Å². The van der Waals surface area contributed by atoms with Gasteiger partial charge in [0.05, 0.1) is 5.69 Å². The minimum Gasteiger partial charge on any atom is -0.482 e. The number of nitrogens with one attached hydrogen (secondary N) is 1. The van der Waals surface area contributed by atoms with Crippen molar-refractivity contribution in [3.05, 3.63) is 18.2 Å². The molecule has 1 amide bonds. The SMILES string of the molecule is CCCC(=O)Oc1ccc2c(c1)NC(=O)CO2.